The number of hydrogen-bond donors (Lipinski definition) is 0. The molecule has 1 aromatic rings. The van der Waals surface area contributed by atoms with Gasteiger partial charge >= 0.3 is 0 Å². The number of pyridine rings is 1. The molecular formula is C13H18N2O2. The summed E-state index contributed by atoms with van der Waals surface area (Å²) in [5.74, 6) is 1.42. The average Bonchev–Trinajstić information content (AvgIpc) is 2.39. The van der Waals surface area contributed by atoms with Gasteiger partial charge in [0.15, 0.2) is 0 Å². The SMILES string of the molecule is COc1cccnc1C1CCN(C(C)=O)CC1. The summed E-state index contributed by atoms with van der Waals surface area (Å²) in [6.07, 6.45) is 3.73. The van der Waals surface area contributed by atoms with E-state index in [4.69, 9.17) is 4.74 Å². The second-order valence-corrected chi connectivity index (χ2v) is 4.37. The summed E-state index contributed by atoms with van der Waals surface area (Å²) >= 11 is 0. The van der Waals surface area contributed by atoms with E-state index in [1.807, 2.05) is 17.0 Å². The Balaban J connectivity index is 2.07. The van der Waals surface area contributed by atoms with Crippen molar-refractivity contribution in [2.75, 3.05) is 20.2 Å². The average molecular weight is 234 g/mol. The molecule has 0 spiro atoms. The van der Waals surface area contributed by atoms with E-state index >= 15 is 0 Å². The normalized spacial score (nSPS) is 16.9. The highest BCUT2D eigenvalue weighted by atomic mass is 16.5. The Morgan fingerprint density at radius 1 is 1.47 bits per heavy atom. The maximum Gasteiger partial charge on any atom is 0.219 e. The van der Waals surface area contributed by atoms with E-state index in [1.54, 1.807) is 20.2 Å². The fraction of sp³-hybridized carbons (Fsp3) is 0.538. The quantitative estimate of drug-likeness (QED) is 0.783. The van der Waals surface area contributed by atoms with E-state index in [9.17, 15) is 4.79 Å². The van der Waals surface area contributed by atoms with Crippen LogP contribution in [0.1, 0.15) is 31.4 Å². The number of methoxy groups -OCH3 is 1. The molecule has 0 aromatic carbocycles. The first-order valence-electron chi connectivity index (χ1n) is 5.96. The lowest BCUT2D eigenvalue weighted by molar-refractivity contribution is -0.129. The number of likely N-dealkylation sites (tertiary alicyclic amines) is 1. The van der Waals surface area contributed by atoms with Crippen LogP contribution in [0.3, 0.4) is 0 Å². The number of piperidine rings is 1. The molecule has 2 rings (SSSR count). The van der Waals surface area contributed by atoms with Gasteiger partial charge in [-0.15, -0.1) is 0 Å². The summed E-state index contributed by atoms with van der Waals surface area (Å²) in [6, 6.07) is 3.83. The van der Waals surface area contributed by atoms with Crippen LogP contribution in [-0.2, 0) is 4.79 Å². The molecule has 0 N–H and O–H groups in total. The highest BCUT2D eigenvalue weighted by Gasteiger charge is 2.24. The Morgan fingerprint density at radius 3 is 2.76 bits per heavy atom. The Bertz CT molecular complexity index is 398. The van der Waals surface area contributed by atoms with Gasteiger partial charge in [-0.3, -0.25) is 9.78 Å². The van der Waals surface area contributed by atoms with Crippen LogP contribution in [0.25, 0.3) is 0 Å². The first-order valence-corrected chi connectivity index (χ1v) is 5.96. The number of carbonyl (C=O) groups excluding carboxylic acids is 1. The van der Waals surface area contributed by atoms with Gasteiger partial charge in [0.25, 0.3) is 0 Å². The molecule has 92 valence electrons. The minimum absolute atomic E-state index is 0.163. The maximum absolute atomic E-state index is 11.3. The van der Waals surface area contributed by atoms with Crippen molar-refractivity contribution in [1.82, 2.24) is 9.88 Å². The standard InChI is InChI=1S/C13H18N2O2/c1-10(16)15-8-5-11(6-9-15)13-12(17-2)4-3-7-14-13/h3-4,7,11H,5-6,8-9H2,1-2H3. The molecule has 1 saturated heterocycles. The van der Waals surface area contributed by atoms with Crippen molar-refractivity contribution in [1.29, 1.82) is 0 Å². The van der Waals surface area contributed by atoms with Crippen LogP contribution in [0, 0.1) is 0 Å². The predicted molar refractivity (Wildman–Crippen MR) is 65.0 cm³/mol. The van der Waals surface area contributed by atoms with Gasteiger partial charge in [0, 0.05) is 32.1 Å². The van der Waals surface area contributed by atoms with Crippen LogP contribution in [-0.4, -0.2) is 36.0 Å². The number of rotatable bonds is 2. The smallest absolute Gasteiger partial charge is 0.219 e. The second-order valence-electron chi connectivity index (χ2n) is 4.37. The molecule has 0 bridgehead atoms. The van der Waals surface area contributed by atoms with Gasteiger partial charge in [0.1, 0.15) is 5.75 Å². The highest BCUT2D eigenvalue weighted by molar-refractivity contribution is 5.73. The van der Waals surface area contributed by atoms with E-state index in [0.717, 1.165) is 37.4 Å². The molecule has 17 heavy (non-hydrogen) atoms. The van der Waals surface area contributed by atoms with Gasteiger partial charge in [-0.1, -0.05) is 0 Å². The van der Waals surface area contributed by atoms with Crippen LogP contribution >= 0.6 is 0 Å². The zero-order valence-corrected chi connectivity index (χ0v) is 10.3. The lowest BCUT2D eigenvalue weighted by Crippen LogP contribution is -2.36. The van der Waals surface area contributed by atoms with Gasteiger partial charge in [0.05, 0.1) is 12.8 Å². The summed E-state index contributed by atoms with van der Waals surface area (Å²) in [5.41, 5.74) is 1.03. The molecular weight excluding hydrogens is 216 g/mol. The van der Waals surface area contributed by atoms with Gasteiger partial charge in [-0.25, -0.2) is 0 Å². The van der Waals surface area contributed by atoms with E-state index in [-0.39, 0.29) is 5.91 Å². The molecule has 2 heterocycles. The van der Waals surface area contributed by atoms with Crippen molar-refractivity contribution in [3.8, 4) is 5.75 Å². The van der Waals surface area contributed by atoms with E-state index < -0.39 is 0 Å². The van der Waals surface area contributed by atoms with Crippen LogP contribution in [0.15, 0.2) is 18.3 Å². The summed E-state index contributed by atoms with van der Waals surface area (Å²) in [4.78, 5) is 17.6. The fourth-order valence-corrected chi connectivity index (χ4v) is 2.35. The van der Waals surface area contributed by atoms with Gasteiger partial charge in [0.2, 0.25) is 5.91 Å². The fourth-order valence-electron chi connectivity index (χ4n) is 2.35. The minimum Gasteiger partial charge on any atom is -0.495 e. The predicted octanol–water partition coefficient (Wildman–Crippen LogP) is 1.82. The van der Waals surface area contributed by atoms with Gasteiger partial charge in [-0.2, -0.15) is 0 Å². The summed E-state index contributed by atoms with van der Waals surface area (Å²) in [6.45, 7) is 3.27. The zero-order chi connectivity index (χ0) is 12.3. The summed E-state index contributed by atoms with van der Waals surface area (Å²) in [7, 11) is 1.67. The molecule has 0 unspecified atom stereocenters. The first kappa shape index (κ1) is 11.9. The monoisotopic (exact) mass is 234 g/mol. The van der Waals surface area contributed by atoms with Crippen LogP contribution in [0.2, 0.25) is 0 Å². The second kappa shape index (κ2) is 5.17. The van der Waals surface area contributed by atoms with Crippen molar-refractivity contribution in [2.24, 2.45) is 0 Å². The van der Waals surface area contributed by atoms with E-state index in [0.29, 0.717) is 5.92 Å². The number of ether oxygens (including phenoxy) is 1. The largest absolute Gasteiger partial charge is 0.495 e. The molecule has 0 radical (unpaired) electrons. The third-order valence-electron chi connectivity index (χ3n) is 3.35. The lowest BCUT2D eigenvalue weighted by Gasteiger charge is -2.31. The van der Waals surface area contributed by atoms with Crippen molar-refractivity contribution >= 4 is 5.91 Å². The van der Waals surface area contributed by atoms with Crippen molar-refractivity contribution < 1.29 is 9.53 Å². The number of amides is 1. The molecule has 1 aliphatic rings. The maximum atomic E-state index is 11.3. The third-order valence-corrected chi connectivity index (χ3v) is 3.35. The molecule has 1 aromatic heterocycles. The molecule has 1 amide bonds. The van der Waals surface area contributed by atoms with Crippen molar-refractivity contribution in [3.63, 3.8) is 0 Å². The lowest BCUT2D eigenvalue weighted by atomic mass is 9.92. The van der Waals surface area contributed by atoms with Crippen LogP contribution in [0.4, 0.5) is 0 Å². The molecule has 4 nitrogen and oxygen atoms in total. The molecule has 4 heteroatoms. The topological polar surface area (TPSA) is 42.4 Å². The van der Waals surface area contributed by atoms with Crippen molar-refractivity contribution in [3.05, 3.63) is 24.0 Å². The minimum atomic E-state index is 0.163. The van der Waals surface area contributed by atoms with Crippen molar-refractivity contribution in [2.45, 2.75) is 25.7 Å². The summed E-state index contributed by atoms with van der Waals surface area (Å²) < 4.78 is 5.33. The van der Waals surface area contributed by atoms with Gasteiger partial charge in [-0.05, 0) is 25.0 Å². The molecule has 0 atom stereocenters. The molecule has 1 aliphatic heterocycles. The number of carbonyl (C=O) groups is 1. The van der Waals surface area contributed by atoms with E-state index in [2.05, 4.69) is 4.98 Å². The molecule has 0 saturated carbocycles. The Kier molecular flexibility index (Phi) is 3.61. The summed E-state index contributed by atoms with van der Waals surface area (Å²) in [5, 5.41) is 0. The Morgan fingerprint density at radius 2 is 2.18 bits per heavy atom. The van der Waals surface area contributed by atoms with Crippen LogP contribution < -0.4 is 4.74 Å². The Hall–Kier alpha value is -1.58. The highest BCUT2D eigenvalue weighted by Crippen LogP contribution is 2.32. The molecule has 0 aliphatic carbocycles. The Labute approximate surface area is 102 Å². The number of hydrogen-bond acceptors (Lipinski definition) is 3. The van der Waals surface area contributed by atoms with Crippen LogP contribution in [0.5, 0.6) is 5.75 Å². The first-order chi connectivity index (χ1) is 8.22. The zero-order valence-electron chi connectivity index (χ0n) is 10.3. The molecule has 1 fully saturated rings. The van der Waals surface area contributed by atoms with E-state index in [1.165, 1.54) is 0 Å². The third kappa shape index (κ3) is 2.57. The number of nitrogens with zero attached hydrogens (tertiary/aromatic N) is 2. The number of aromatic nitrogens is 1. The van der Waals surface area contributed by atoms with Gasteiger partial charge < -0.3 is 9.64 Å².